The van der Waals surface area contributed by atoms with Crippen molar-refractivity contribution in [1.82, 2.24) is 9.97 Å². The predicted molar refractivity (Wildman–Crippen MR) is 74.8 cm³/mol. The van der Waals surface area contributed by atoms with Crippen molar-refractivity contribution in [2.45, 2.75) is 10.4 Å². The van der Waals surface area contributed by atoms with Crippen LogP contribution >= 0.6 is 0 Å². The van der Waals surface area contributed by atoms with Crippen molar-refractivity contribution in [2.24, 2.45) is 0 Å². The van der Waals surface area contributed by atoms with Gasteiger partial charge in [-0.3, -0.25) is 0 Å². The Morgan fingerprint density at radius 2 is 1.73 bits per heavy atom. The number of nitrogens with one attached hydrogen (secondary N) is 1. The SMILES string of the molecule is O=S(=O)(c1cccc(-c2nc3ccccc3[nH]2)c1)C(F)(F)F. The minimum atomic E-state index is -5.38. The molecular formula is C14H9F3N2O2S. The fourth-order valence-electron chi connectivity index (χ4n) is 2.03. The van der Waals surface area contributed by atoms with Crippen LogP contribution in [0.5, 0.6) is 0 Å². The van der Waals surface area contributed by atoms with Crippen LogP contribution < -0.4 is 0 Å². The number of benzene rings is 2. The van der Waals surface area contributed by atoms with Gasteiger partial charge in [-0.2, -0.15) is 13.2 Å². The molecule has 1 N–H and O–H groups in total. The first kappa shape index (κ1) is 14.6. The van der Waals surface area contributed by atoms with Gasteiger partial charge in [0.15, 0.2) is 0 Å². The van der Waals surface area contributed by atoms with E-state index in [9.17, 15) is 21.6 Å². The van der Waals surface area contributed by atoms with Crippen molar-refractivity contribution < 1.29 is 21.6 Å². The molecule has 0 aliphatic rings. The number of hydrogen-bond donors (Lipinski definition) is 1. The zero-order chi connectivity index (χ0) is 16.0. The number of H-pyrrole nitrogens is 1. The molecule has 0 amide bonds. The number of fused-ring (bicyclic) bond motifs is 1. The molecule has 0 fully saturated rings. The minimum Gasteiger partial charge on any atom is -0.338 e. The molecule has 0 aliphatic carbocycles. The predicted octanol–water partition coefficient (Wildman–Crippen LogP) is 3.52. The maximum absolute atomic E-state index is 12.6. The molecule has 0 spiro atoms. The second kappa shape index (κ2) is 4.84. The molecular weight excluding hydrogens is 317 g/mol. The average Bonchev–Trinajstić information content (AvgIpc) is 2.90. The molecule has 1 heterocycles. The Balaban J connectivity index is 2.12. The third kappa shape index (κ3) is 2.35. The Kier molecular flexibility index (Phi) is 3.21. The van der Waals surface area contributed by atoms with Gasteiger partial charge in [-0.25, -0.2) is 13.4 Å². The second-order valence-electron chi connectivity index (χ2n) is 4.58. The molecule has 22 heavy (non-hydrogen) atoms. The summed E-state index contributed by atoms with van der Waals surface area (Å²) < 4.78 is 60.7. The van der Waals surface area contributed by atoms with E-state index in [2.05, 4.69) is 9.97 Å². The lowest BCUT2D eigenvalue weighted by molar-refractivity contribution is -0.0435. The van der Waals surface area contributed by atoms with Crippen LogP contribution in [0.1, 0.15) is 0 Å². The van der Waals surface area contributed by atoms with Crippen LogP contribution in [0.2, 0.25) is 0 Å². The molecule has 0 saturated heterocycles. The highest BCUT2D eigenvalue weighted by Gasteiger charge is 2.46. The van der Waals surface area contributed by atoms with Crippen molar-refractivity contribution in [3.05, 3.63) is 48.5 Å². The maximum Gasteiger partial charge on any atom is 0.501 e. The minimum absolute atomic E-state index is 0.265. The summed E-state index contributed by atoms with van der Waals surface area (Å²) in [6.45, 7) is 0. The molecule has 0 atom stereocenters. The Hall–Kier alpha value is -2.35. The lowest BCUT2D eigenvalue weighted by Crippen LogP contribution is -2.23. The van der Waals surface area contributed by atoms with Gasteiger partial charge in [0.2, 0.25) is 0 Å². The van der Waals surface area contributed by atoms with Gasteiger partial charge in [-0.15, -0.1) is 0 Å². The standard InChI is InChI=1S/C14H9F3N2O2S/c15-14(16,17)22(20,21)10-5-3-4-9(8-10)13-18-11-6-1-2-7-12(11)19-13/h1-8H,(H,18,19). The number of alkyl halides is 3. The van der Waals surface area contributed by atoms with Gasteiger partial charge in [0.25, 0.3) is 9.84 Å². The Bertz CT molecular complexity index is 913. The van der Waals surface area contributed by atoms with E-state index >= 15 is 0 Å². The van der Waals surface area contributed by atoms with E-state index in [1.165, 1.54) is 12.1 Å². The molecule has 0 saturated carbocycles. The van der Waals surface area contributed by atoms with E-state index in [1.807, 2.05) is 0 Å². The molecule has 2 aromatic carbocycles. The first-order chi connectivity index (χ1) is 10.3. The number of rotatable bonds is 2. The Morgan fingerprint density at radius 1 is 1.00 bits per heavy atom. The summed E-state index contributed by atoms with van der Waals surface area (Å²) in [4.78, 5) is 6.37. The quantitative estimate of drug-likeness (QED) is 0.784. The van der Waals surface area contributed by atoms with E-state index < -0.39 is 20.2 Å². The van der Waals surface area contributed by atoms with Gasteiger partial charge in [0.1, 0.15) is 5.82 Å². The molecule has 0 aliphatic heterocycles. The molecule has 0 radical (unpaired) electrons. The number of nitrogens with zero attached hydrogens (tertiary/aromatic N) is 1. The van der Waals surface area contributed by atoms with Gasteiger partial charge in [0, 0.05) is 5.56 Å². The zero-order valence-electron chi connectivity index (χ0n) is 10.9. The monoisotopic (exact) mass is 326 g/mol. The van der Waals surface area contributed by atoms with Gasteiger partial charge in [-0.05, 0) is 24.3 Å². The number of sulfone groups is 1. The maximum atomic E-state index is 12.6. The molecule has 3 aromatic rings. The summed E-state index contributed by atoms with van der Waals surface area (Å²) in [5.74, 6) is 0.306. The summed E-state index contributed by atoms with van der Waals surface area (Å²) in [7, 11) is -5.38. The number of para-hydroxylation sites is 2. The van der Waals surface area contributed by atoms with Crippen LogP contribution in [0.3, 0.4) is 0 Å². The van der Waals surface area contributed by atoms with Crippen molar-refractivity contribution >= 4 is 20.9 Å². The first-order valence-corrected chi connectivity index (χ1v) is 7.64. The summed E-state index contributed by atoms with van der Waals surface area (Å²) in [5, 5.41) is 0. The molecule has 0 bridgehead atoms. The molecule has 3 rings (SSSR count). The Labute approximate surface area is 123 Å². The van der Waals surface area contributed by atoms with Crippen LogP contribution in [0.4, 0.5) is 13.2 Å². The fourth-order valence-corrected chi connectivity index (χ4v) is 2.84. The van der Waals surface area contributed by atoms with E-state index in [0.717, 1.165) is 12.1 Å². The number of aromatic amines is 1. The van der Waals surface area contributed by atoms with E-state index in [-0.39, 0.29) is 5.56 Å². The highest BCUT2D eigenvalue weighted by molar-refractivity contribution is 7.92. The molecule has 1 aromatic heterocycles. The first-order valence-electron chi connectivity index (χ1n) is 6.15. The van der Waals surface area contributed by atoms with Gasteiger partial charge >= 0.3 is 5.51 Å². The summed E-state index contributed by atoms with van der Waals surface area (Å²) in [5.41, 5.74) is -3.72. The van der Waals surface area contributed by atoms with Crippen LogP contribution in [0.25, 0.3) is 22.4 Å². The third-order valence-electron chi connectivity index (χ3n) is 3.11. The zero-order valence-corrected chi connectivity index (χ0v) is 11.7. The second-order valence-corrected chi connectivity index (χ2v) is 6.52. The Morgan fingerprint density at radius 3 is 2.41 bits per heavy atom. The smallest absolute Gasteiger partial charge is 0.338 e. The lowest BCUT2D eigenvalue weighted by atomic mass is 10.2. The molecule has 4 nitrogen and oxygen atoms in total. The number of halogens is 3. The molecule has 114 valence electrons. The molecule has 8 heteroatoms. The van der Waals surface area contributed by atoms with E-state index in [1.54, 1.807) is 24.3 Å². The van der Waals surface area contributed by atoms with E-state index in [0.29, 0.717) is 16.9 Å². The van der Waals surface area contributed by atoms with Gasteiger partial charge < -0.3 is 4.98 Å². The summed E-state index contributed by atoms with van der Waals surface area (Å²) >= 11 is 0. The van der Waals surface area contributed by atoms with Crippen LogP contribution in [-0.4, -0.2) is 23.9 Å². The number of hydrogen-bond acceptors (Lipinski definition) is 3. The lowest BCUT2D eigenvalue weighted by Gasteiger charge is -2.08. The number of aromatic nitrogens is 2. The highest BCUT2D eigenvalue weighted by Crippen LogP contribution is 2.32. The fraction of sp³-hybridized carbons (Fsp3) is 0.0714. The van der Waals surface area contributed by atoms with E-state index in [4.69, 9.17) is 0 Å². The van der Waals surface area contributed by atoms with Gasteiger partial charge in [-0.1, -0.05) is 24.3 Å². The highest BCUT2D eigenvalue weighted by atomic mass is 32.2. The average molecular weight is 326 g/mol. The van der Waals surface area contributed by atoms with Crippen molar-refractivity contribution in [3.63, 3.8) is 0 Å². The topological polar surface area (TPSA) is 62.8 Å². The normalized spacial score (nSPS) is 12.7. The number of imidazole rings is 1. The molecule has 0 unspecified atom stereocenters. The van der Waals surface area contributed by atoms with Crippen molar-refractivity contribution in [3.8, 4) is 11.4 Å². The summed E-state index contributed by atoms with van der Waals surface area (Å²) in [6.07, 6.45) is 0. The van der Waals surface area contributed by atoms with Crippen LogP contribution in [-0.2, 0) is 9.84 Å². The largest absolute Gasteiger partial charge is 0.501 e. The van der Waals surface area contributed by atoms with Crippen LogP contribution in [0, 0.1) is 0 Å². The van der Waals surface area contributed by atoms with Crippen molar-refractivity contribution in [1.29, 1.82) is 0 Å². The summed E-state index contributed by atoms with van der Waals surface area (Å²) in [6, 6.07) is 11.7. The van der Waals surface area contributed by atoms with Gasteiger partial charge in [0.05, 0.1) is 15.9 Å². The van der Waals surface area contributed by atoms with Crippen molar-refractivity contribution in [2.75, 3.05) is 0 Å². The van der Waals surface area contributed by atoms with Crippen LogP contribution in [0.15, 0.2) is 53.4 Å². The third-order valence-corrected chi connectivity index (χ3v) is 4.60.